The van der Waals surface area contributed by atoms with Crippen LogP contribution in [0.2, 0.25) is 0 Å². The maximum Gasteiger partial charge on any atom is 0.411 e. The number of anilines is 8. The zero-order chi connectivity index (χ0) is 44.0. The maximum absolute atomic E-state index is 11.9. The van der Waals surface area contributed by atoms with E-state index in [4.69, 9.17) is 32.1 Å². The highest BCUT2D eigenvalue weighted by Gasteiger charge is 2.10. The fraction of sp³-hybridized carbons (Fsp3) is 0.182. The van der Waals surface area contributed by atoms with Gasteiger partial charge >= 0.3 is 6.09 Å². The lowest BCUT2D eigenvalue weighted by atomic mass is 10.1. The minimum absolute atomic E-state index is 0.00227. The second-order valence-corrected chi connectivity index (χ2v) is 13.7. The predicted molar refractivity (Wildman–Crippen MR) is 238 cm³/mol. The smallest absolute Gasteiger partial charge is 0.411 e. The molecule has 6 rings (SSSR count). The van der Waals surface area contributed by atoms with Crippen LogP contribution in [0.3, 0.4) is 0 Å². The molecule has 16 nitrogen and oxygen atoms in total. The van der Waals surface area contributed by atoms with Gasteiger partial charge in [-0.2, -0.15) is 0 Å². The van der Waals surface area contributed by atoms with Gasteiger partial charge in [0.15, 0.2) is 5.76 Å². The normalized spacial score (nSPS) is 9.98. The van der Waals surface area contributed by atoms with Crippen LogP contribution in [0.5, 0.6) is 0 Å². The number of nitrogens with one attached hydrogen (secondary N) is 4. The quantitative estimate of drug-likeness (QED) is 0.0644. The highest BCUT2D eigenvalue weighted by Crippen LogP contribution is 2.14. The van der Waals surface area contributed by atoms with Crippen LogP contribution >= 0.6 is 0 Å². The third-order valence-electron chi connectivity index (χ3n) is 7.60. The molecule has 16 heteroatoms. The van der Waals surface area contributed by atoms with E-state index in [1.165, 1.54) is 18.7 Å². The van der Waals surface area contributed by atoms with Crippen molar-refractivity contribution in [3.63, 3.8) is 0 Å². The van der Waals surface area contributed by atoms with Gasteiger partial charge in [0.2, 0.25) is 5.91 Å². The Morgan fingerprint density at radius 3 is 1.55 bits per heavy atom. The van der Waals surface area contributed by atoms with Gasteiger partial charge in [-0.1, -0.05) is 45.9 Å². The van der Waals surface area contributed by atoms with Crippen LogP contribution in [0.1, 0.15) is 54.2 Å². The van der Waals surface area contributed by atoms with E-state index in [0.29, 0.717) is 58.2 Å². The molecule has 60 heavy (non-hydrogen) atoms. The molecule has 0 saturated carbocycles. The summed E-state index contributed by atoms with van der Waals surface area (Å²) in [5.41, 5.74) is 27.5. The molecule has 0 bridgehead atoms. The molecule has 6 aromatic rings. The molecule has 0 spiro atoms. The molecule has 0 saturated heterocycles. The van der Waals surface area contributed by atoms with E-state index in [9.17, 15) is 19.2 Å². The zero-order valence-corrected chi connectivity index (χ0v) is 34.1. The van der Waals surface area contributed by atoms with Crippen LogP contribution in [0, 0.1) is 18.8 Å². The van der Waals surface area contributed by atoms with Crippen molar-refractivity contribution in [2.45, 2.75) is 34.6 Å². The lowest BCUT2D eigenvalue weighted by molar-refractivity contribution is -0.118. The fourth-order valence-corrected chi connectivity index (χ4v) is 4.37. The number of pyridine rings is 2. The summed E-state index contributed by atoms with van der Waals surface area (Å²) in [6.45, 7) is 9.98. The minimum atomic E-state index is -0.437. The maximum atomic E-state index is 11.9. The molecule has 0 aliphatic rings. The van der Waals surface area contributed by atoms with Gasteiger partial charge < -0.3 is 48.0 Å². The van der Waals surface area contributed by atoms with E-state index < -0.39 is 6.09 Å². The third-order valence-corrected chi connectivity index (χ3v) is 7.60. The van der Waals surface area contributed by atoms with Crippen molar-refractivity contribution < 1.29 is 28.3 Å². The molecule has 0 radical (unpaired) electrons. The number of carbonyl (C=O) groups is 4. The summed E-state index contributed by atoms with van der Waals surface area (Å²) < 4.78 is 9.88. The van der Waals surface area contributed by atoms with Gasteiger partial charge in [0.25, 0.3) is 11.8 Å². The number of nitrogens with two attached hydrogens (primary N) is 4. The highest BCUT2D eigenvalue weighted by atomic mass is 16.5. The first kappa shape index (κ1) is 46.5. The first-order valence-corrected chi connectivity index (χ1v) is 18.7. The van der Waals surface area contributed by atoms with Gasteiger partial charge in [-0.3, -0.25) is 19.7 Å². The van der Waals surface area contributed by atoms with Crippen LogP contribution in [-0.4, -0.2) is 40.4 Å². The van der Waals surface area contributed by atoms with Crippen molar-refractivity contribution in [3.8, 4) is 0 Å². The van der Waals surface area contributed by atoms with Crippen LogP contribution in [0.15, 0.2) is 132 Å². The van der Waals surface area contributed by atoms with Gasteiger partial charge in [-0.15, -0.1) is 0 Å². The molecule has 0 fully saturated rings. The predicted octanol–water partition coefficient (Wildman–Crippen LogP) is 8.07. The molecule has 3 aromatic carbocycles. The summed E-state index contributed by atoms with van der Waals surface area (Å²) in [4.78, 5) is 53.9. The highest BCUT2D eigenvalue weighted by molar-refractivity contribution is 6.04. The van der Waals surface area contributed by atoms with E-state index in [-0.39, 0.29) is 29.4 Å². The largest absolute Gasteiger partial charge is 0.459 e. The Morgan fingerprint density at radius 2 is 1.10 bits per heavy atom. The Balaban J connectivity index is 0.000000215. The number of hydrogen-bond acceptors (Lipinski definition) is 12. The van der Waals surface area contributed by atoms with Crippen LogP contribution < -0.4 is 44.2 Å². The van der Waals surface area contributed by atoms with E-state index in [1.807, 2.05) is 52.8 Å². The van der Waals surface area contributed by atoms with Crippen molar-refractivity contribution in [1.82, 2.24) is 9.97 Å². The Morgan fingerprint density at radius 1 is 0.600 bits per heavy atom. The van der Waals surface area contributed by atoms with Gasteiger partial charge in [-0.25, -0.2) is 14.8 Å². The van der Waals surface area contributed by atoms with Crippen molar-refractivity contribution in [2.24, 2.45) is 11.8 Å². The summed E-state index contributed by atoms with van der Waals surface area (Å²) in [5.74, 6) is 1.02. The Labute approximate surface area is 349 Å². The molecule has 3 aromatic heterocycles. The van der Waals surface area contributed by atoms with Gasteiger partial charge in [0.1, 0.15) is 11.6 Å². The molecule has 4 amide bonds. The summed E-state index contributed by atoms with van der Waals surface area (Å²) >= 11 is 0. The molecule has 0 atom stereocenters. The SMILES string of the molecule is CC(C)C(=O)Nc1ccc(N)cc1.CC(C)COC(=O)Nc1ccc(N)cc1.Cc1ccccc1C(=O)Nc1ccc(N)cn1.Nc1ccc(NC(=O)c2ccco2)nc1. The number of aromatic nitrogens is 2. The van der Waals surface area contributed by atoms with Crippen LogP contribution in [0.25, 0.3) is 0 Å². The number of hydrogen-bond donors (Lipinski definition) is 8. The number of amides is 4. The Kier molecular flexibility index (Phi) is 18.6. The van der Waals surface area contributed by atoms with E-state index in [1.54, 1.807) is 91.0 Å². The van der Waals surface area contributed by atoms with Crippen molar-refractivity contribution in [1.29, 1.82) is 0 Å². The topological polar surface area (TPSA) is 269 Å². The molecule has 0 unspecified atom stereocenters. The number of carbonyl (C=O) groups excluding carboxylic acids is 4. The summed E-state index contributed by atoms with van der Waals surface area (Å²) in [5, 5.41) is 10.7. The summed E-state index contributed by atoms with van der Waals surface area (Å²) in [7, 11) is 0. The van der Waals surface area contributed by atoms with Crippen molar-refractivity contribution >= 4 is 69.6 Å². The third kappa shape index (κ3) is 17.5. The minimum Gasteiger partial charge on any atom is -0.459 e. The van der Waals surface area contributed by atoms with E-state index >= 15 is 0 Å². The summed E-state index contributed by atoms with van der Waals surface area (Å²) in [6, 6.07) is 31.3. The first-order chi connectivity index (χ1) is 28.6. The Bertz CT molecular complexity index is 2230. The number of rotatable bonds is 9. The van der Waals surface area contributed by atoms with Crippen molar-refractivity contribution in [2.75, 3.05) is 50.8 Å². The summed E-state index contributed by atoms with van der Waals surface area (Å²) in [6.07, 6.45) is 3.98. The molecular formula is C44H52N10O6. The second-order valence-electron chi connectivity index (χ2n) is 13.7. The van der Waals surface area contributed by atoms with E-state index in [2.05, 4.69) is 31.2 Å². The average Bonchev–Trinajstić information content (AvgIpc) is 3.77. The number of ether oxygens (including phenoxy) is 1. The average molecular weight is 817 g/mol. The number of benzene rings is 3. The number of furan rings is 1. The molecule has 314 valence electrons. The molecule has 3 heterocycles. The van der Waals surface area contributed by atoms with Crippen LogP contribution in [-0.2, 0) is 9.53 Å². The number of nitrogen functional groups attached to an aromatic ring is 4. The second kappa shape index (κ2) is 24.0. The van der Waals surface area contributed by atoms with Crippen molar-refractivity contribution in [3.05, 3.63) is 145 Å². The zero-order valence-electron chi connectivity index (χ0n) is 34.1. The van der Waals surface area contributed by atoms with Gasteiger partial charge in [0.05, 0.1) is 36.6 Å². The Hall–Kier alpha value is -7.88. The number of nitrogens with zero attached hydrogens (tertiary/aromatic N) is 2. The molecule has 0 aliphatic carbocycles. The standard InChI is InChI=1S/C13H13N3O.C11H16N2O2.C10H9N3O2.C10H14N2O/c1-9-4-2-3-5-11(9)13(17)16-12-7-6-10(14)8-15-12;1-8(2)7-15-11(14)13-10-5-3-9(12)4-6-10;11-7-3-4-9(12-6-7)13-10(14)8-2-1-5-15-8;1-7(2)10(13)12-9-5-3-8(11)4-6-9/h2-8H,14H2,1H3,(H,15,16,17);3-6,8H,7,12H2,1-2H3,(H,13,14);1-6H,11H2,(H,12,13,14);3-7H,11H2,1-2H3,(H,12,13). The first-order valence-electron chi connectivity index (χ1n) is 18.7. The monoisotopic (exact) mass is 816 g/mol. The molecule has 0 aliphatic heterocycles. The molecular weight excluding hydrogens is 765 g/mol. The number of aryl methyl sites for hydroxylation is 1. The van der Waals surface area contributed by atoms with Gasteiger partial charge in [-0.05, 0) is 109 Å². The van der Waals surface area contributed by atoms with Crippen LogP contribution in [0.4, 0.5) is 50.6 Å². The van der Waals surface area contributed by atoms with Gasteiger partial charge in [0, 0.05) is 34.2 Å². The lowest BCUT2D eigenvalue weighted by Gasteiger charge is -2.08. The lowest BCUT2D eigenvalue weighted by Crippen LogP contribution is -2.17. The fourth-order valence-electron chi connectivity index (χ4n) is 4.37. The van der Waals surface area contributed by atoms with E-state index in [0.717, 1.165) is 11.3 Å². The molecule has 12 N–H and O–H groups in total.